The molecule has 1 aliphatic heterocycles. The largest absolute Gasteiger partial charge is 0.493 e. The molecule has 0 bridgehead atoms. The number of nitrogens with one attached hydrogen (secondary N) is 1. The molecule has 0 unspecified atom stereocenters. The summed E-state index contributed by atoms with van der Waals surface area (Å²) in [5.74, 6) is 1.01. The number of nitrogens with zero attached hydrogens (tertiary/aromatic N) is 1. The Kier molecular flexibility index (Phi) is 8.00. The Labute approximate surface area is 222 Å². The summed E-state index contributed by atoms with van der Waals surface area (Å²) in [5.41, 5.74) is 2.46. The minimum Gasteiger partial charge on any atom is -0.493 e. The second-order valence-corrected chi connectivity index (χ2v) is 10.4. The number of rotatable bonds is 6. The summed E-state index contributed by atoms with van der Waals surface area (Å²) in [6.07, 6.45) is 1.81. The van der Waals surface area contributed by atoms with Crippen molar-refractivity contribution in [2.75, 3.05) is 7.11 Å². The van der Waals surface area contributed by atoms with Crippen LogP contribution in [0.1, 0.15) is 11.1 Å². The van der Waals surface area contributed by atoms with Crippen molar-refractivity contribution in [3.05, 3.63) is 89.8 Å². The molecule has 0 radical (unpaired) electrons. The molecular weight excluding hydrogens is 639 g/mol. The molecule has 3 aromatic rings. The van der Waals surface area contributed by atoms with Gasteiger partial charge >= 0.3 is 0 Å². The normalized spacial score (nSPS) is 15.7. The van der Waals surface area contributed by atoms with Gasteiger partial charge < -0.3 is 14.8 Å². The monoisotopic (exact) mass is 654 g/mol. The van der Waals surface area contributed by atoms with Crippen molar-refractivity contribution in [1.29, 1.82) is 0 Å². The third-order valence-electron chi connectivity index (χ3n) is 4.57. The van der Waals surface area contributed by atoms with E-state index in [0.29, 0.717) is 33.2 Å². The van der Waals surface area contributed by atoms with Crippen molar-refractivity contribution in [2.45, 2.75) is 6.61 Å². The molecule has 3 aromatic carbocycles. The molecule has 9 heteroatoms. The number of ether oxygens (including phenoxy) is 2. The van der Waals surface area contributed by atoms with Crippen molar-refractivity contribution >= 4 is 84.7 Å². The number of thioether (sulfide) groups is 1. The maximum Gasteiger partial charge on any atom is 0.264 e. The van der Waals surface area contributed by atoms with E-state index in [-0.39, 0.29) is 5.91 Å². The van der Waals surface area contributed by atoms with Crippen molar-refractivity contribution in [2.24, 2.45) is 4.99 Å². The molecule has 168 valence electrons. The first-order chi connectivity index (χ1) is 15.9. The van der Waals surface area contributed by atoms with E-state index >= 15 is 0 Å². The van der Waals surface area contributed by atoms with E-state index in [1.807, 2.05) is 66.7 Å². The lowest BCUT2D eigenvalue weighted by Crippen LogP contribution is -2.19. The third-order valence-corrected chi connectivity index (χ3v) is 7.14. The van der Waals surface area contributed by atoms with Crippen LogP contribution in [0.15, 0.2) is 75.0 Å². The summed E-state index contributed by atoms with van der Waals surface area (Å²) in [6.45, 7) is 0.320. The second kappa shape index (κ2) is 10.9. The highest BCUT2D eigenvalue weighted by atomic mass is 127. The SMILES string of the molecule is COc1cc(/C=C2\SC(=Nc3cccc(Br)c3)NC2=O)cc(I)c1OCc1ccccc1Cl. The van der Waals surface area contributed by atoms with Gasteiger partial charge in [-0.25, -0.2) is 4.99 Å². The maximum atomic E-state index is 12.5. The van der Waals surface area contributed by atoms with Crippen LogP contribution in [-0.4, -0.2) is 18.2 Å². The van der Waals surface area contributed by atoms with Gasteiger partial charge in [-0.15, -0.1) is 0 Å². The number of carbonyl (C=O) groups excluding carboxylic acids is 1. The van der Waals surface area contributed by atoms with Gasteiger partial charge in [0.05, 0.1) is 21.3 Å². The standard InChI is InChI=1S/C24H17BrClIN2O3S/c1-31-20-10-14(9-19(27)22(20)32-13-15-5-2-3-8-18(15)26)11-21-23(30)29-24(33-21)28-17-7-4-6-16(25)12-17/h2-12H,13H2,1H3,(H,28,29,30)/b21-11-. The van der Waals surface area contributed by atoms with Crippen molar-refractivity contribution in [1.82, 2.24) is 5.32 Å². The van der Waals surface area contributed by atoms with Gasteiger partial charge in [-0.3, -0.25) is 4.79 Å². The number of amidine groups is 1. The average Bonchev–Trinajstić information content (AvgIpc) is 3.12. The second-order valence-electron chi connectivity index (χ2n) is 6.88. The van der Waals surface area contributed by atoms with Crippen LogP contribution >= 0.6 is 61.9 Å². The zero-order valence-electron chi connectivity index (χ0n) is 17.3. The van der Waals surface area contributed by atoms with E-state index in [2.05, 4.69) is 48.8 Å². The first kappa shape index (κ1) is 24.1. The Bertz CT molecular complexity index is 1280. The lowest BCUT2D eigenvalue weighted by atomic mass is 10.2. The zero-order chi connectivity index (χ0) is 23.4. The summed E-state index contributed by atoms with van der Waals surface area (Å²) in [4.78, 5) is 17.5. The van der Waals surface area contributed by atoms with E-state index in [4.69, 9.17) is 21.1 Å². The molecule has 1 N–H and O–H groups in total. The maximum absolute atomic E-state index is 12.5. The molecule has 1 saturated heterocycles. The summed E-state index contributed by atoms with van der Waals surface area (Å²) < 4.78 is 13.4. The average molecular weight is 656 g/mol. The van der Waals surface area contributed by atoms with Crippen LogP contribution in [-0.2, 0) is 11.4 Å². The van der Waals surface area contributed by atoms with Crippen LogP contribution < -0.4 is 14.8 Å². The topological polar surface area (TPSA) is 59.9 Å². The van der Waals surface area contributed by atoms with Crippen molar-refractivity contribution < 1.29 is 14.3 Å². The summed E-state index contributed by atoms with van der Waals surface area (Å²) in [6, 6.07) is 18.9. The first-order valence-corrected chi connectivity index (χ1v) is 12.8. The molecule has 0 saturated carbocycles. The molecule has 1 amide bonds. The lowest BCUT2D eigenvalue weighted by molar-refractivity contribution is -0.115. The van der Waals surface area contributed by atoms with Gasteiger partial charge in [0.25, 0.3) is 5.91 Å². The fraction of sp³-hybridized carbons (Fsp3) is 0.0833. The number of halogens is 3. The number of benzene rings is 3. The fourth-order valence-electron chi connectivity index (χ4n) is 3.02. The molecule has 1 heterocycles. The Morgan fingerprint density at radius 2 is 2.00 bits per heavy atom. The van der Waals surface area contributed by atoms with Crippen LogP contribution in [0, 0.1) is 3.57 Å². The summed E-state index contributed by atoms with van der Waals surface area (Å²) in [7, 11) is 1.59. The molecule has 0 aromatic heterocycles. The van der Waals surface area contributed by atoms with E-state index < -0.39 is 0 Å². The molecular formula is C24H17BrClIN2O3S. The molecule has 0 atom stereocenters. The minimum atomic E-state index is -0.193. The van der Waals surface area contributed by atoms with Crippen molar-refractivity contribution in [3.8, 4) is 11.5 Å². The van der Waals surface area contributed by atoms with Gasteiger partial charge in [0.15, 0.2) is 16.7 Å². The Morgan fingerprint density at radius 1 is 1.18 bits per heavy atom. The van der Waals surface area contributed by atoms with E-state index in [0.717, 1.165) is 24.9 Å². The first-order valence-electron chi connectivity index (χ1n) is 9.72. The summed E-state index contributed by atoms with van der Waals surface area (Å²) in [5, 5.41) is 3.99. The molecule has 0 aliphatic carbocycles. The Hall–Kier alpha value is -2.01. The van der Waals surface area contributed by atoms with Gasteiger partial charge in [-0.2, -0.15) is 0 Å². The highest BCUT2D eigenvalue weighted by Gasteiger charge is 2.24. The van der Waals surface area contributed by atoms with Gasteiger partial charge in [-0.1, -0.05) is 51.8 Å². The van der Waals surface area contributed by atoms with E-state index in [1.165, 1.54) is 11.8 Å². The molecule has 4 rings (SSSR count). The molecule has 1 aliphatic rings. The number of methoxy groups -OCH3 is 1. The van der Waals surface area contributed by atoms with Gasteiger partial charge in [0.2, 0.25) is 0 Å². The Morgan fingerprint density at radius 3 is 2.76 bits per heavy atom. The number of carbonyl (C=O) groups is 1. The zero-order valence-corrected chi connectivity index (χ0v) is 22.6. The lowest BCUT2D eigenvalue weighted by Gasteiger charge is -2.14. The number of hydrogen-bond acceptors (Lipinski definition) is 5. The van der Waals surface area contributed by atoms with Gasteiger partial charge in [0, 0.05) is 15.1 Å². The molecule has 5 nitrogen and oxygen atoms in total. The van der Waals surface area contributed by atoms with Crippen LogP contribution in [0.4, 0.5) is 5.69 Å². The summed E-state index contributed by atoms with van der Waals surface area (Å²) >= 11 is 13.2. The molecule has 0 spiro atoms. The number of hydrogen-bond donors (Lipinski definition) is 1. The Balaban J connectivity index is 1.55. The fourth-order valence-corrected chi connectivity index (χ4v) is 5.22. The number of amides is 1. The molecule has 1 fully saturated rings. The quantitative estimate of drug-likeness (QED) is 0.226. The predicted molar refractivity (Wildman–Crippen MR) is 146 cm³/mol. The van der Waals surface area contributed by atoms with Gasteiger partial charge in [-0.05, 0) is 82.4 Å². The number of aliphatic imine (C=N–C) groups is 1. The minimum absolute atomic E-state index is 0.193. The van der Waals surface area contributed by atoms with E-state index in [1.54, 1.807) is 7.11 Å². The van der Waals surface area contributed by atoms with E-state index in [9.17, 15) is 4.79 Å². The third kappa shape index (κ3) is 6.11. The van der Waals surface area contributed by atoms with Crippen LogP contribution in [0.2, 0.25) is 5.02 Å². The van der Waals surface area contributed by atoms with Crippen LogP contribution in [0.3, 0.4) is 0 Å². The van der Waals surface area contributed by atoms with Crippen LogP contribution in [0.25, 0.3) is 6.08 Å². The predicted octanol–water partition coefficient (Wildman–Crippen LogP) is 7.19. The highest BCUT2D eigenvalue weighted by Crippen LogP contribution is 2.37. The van der Waals surface area contributed by atoms with Gasteiger partial charge in [0.1, 0.15) is 6.61 Å². The smallest absolute Gasteiger partial charge is 0.264 e. The highest BCUT2D eigenvalue weighted by molar-refractivity contribution is 14.1. The van der Waals surface area contributed by atoms with Crippen LogP contribution in [0.5, 0.6) is 11.5 Å². The molecule has 33 heavy (non-hydrogen) atoms. The van der Waals surface area contributed by atoms with Crippen molar-refractivity contribution in [3.63, 3.8) is 0 Å².